The third-order valence-electron chi connectivity index (χ3n) is 3.08. The summed E-state index contributed by atoms with van der Waals surface area (Å²) >= 11 is 4.22. The van der Waals surface area contributed by atoms with E-state index in [9.17, 15) is 4.79 Å². The molecule has 3 rings (SSSR count). The number of nitrogens with zero attached hydrogens (tertiary/aromatic N) is 3. The van der Waals surface area contributed by atoms with Gasteiger partial charge in [0.1, 0.15) is 5.51 Å². The predicted molar refractivity (Wildman–Crippen MR) is 96.2 cm³/mol. The molecule has 0 saturated carbocycles. The van der Waals surface area contributed by atoms with E-state index in [0.717, 1.165) is 22.0 Å². The Morgan fingerprint density at radius 1 is 1.26 bits per heavy atom. The van der Waals surface area contributed by atoms with Gasteiger partial charge >= 0.3 is 0 Å². The Balaban J connectivity index is 1.58. The molecule has 1 aromatic carbocycles. The normalized spacial score (nSPS) is 10.7. The smallest absolute Gasteiger partial charge is 0.236 e. The Morgan fingerprint density at radius 2 is 2.09 bits per heavy atom. The van der Waals surface area contributed by atoms with Crippen LogP contribution in [-0.4, -0.2) is 26.8 Å². The fraction of sp³-hybridized carbons (Fsp3) is 0.200. The molecular formula is C15H14N4OS3. The van der Waals surface area contributed by atoms with Gasteiger partial charge in [-0.2, -0.15) is 0 Å². The molecule has 23 heavy (non-hydrogen) atoms. The molecule has 5 nitrogen and oxygen atoms in total. The van der Waals surface area contributed by atoms with Gasteiger partial charge in [-0.05, 0) is 12.0 Å². The summed E-state index contributed by atoms with van der Waals surface area (Å²) in [7, 11) is 0. The van der Waals surface area contributed by atoms with Gasteiger partial charge in [0.2, 0.25) is 5.91 Å². The second kappa shape index (κ2) is 7.67. The van der Waals surface area contributed by atoms with Crippen molar-refractivity contribution in [3.8, 4) is 11.3 Å². The highest BCUT2D eigenvalue weighted by molar-refractivity contribution is 8.01. The standard InChI is InChI=1S/C15H14N4OS3/c1-2-10-3-5-11(6-4-10)12-7-21-14(17-12)18-13(20)8-22-15-19-16-9-23-15/h3-7,9H,2,8H2,1H3,(H,17,18,20). The minimum atomic E-state index is -0.0903. The lowest BCUT2D eigenvalue weighted by Crippen LogP contribution is -2.13. The van der Waals surface area contributed by atoms with Crippen LogP contribution in [-0.2, 0) is 11.2 Å². The van der Waals surface area contributed by atoms with E-state index in [1.807, 2.05) is 5.38 Å². The van der Waals surface area contributed by atoms with Crippen molar-refractivity contribution in [1.29, 1.82) is 0 Å². The van der Waals surface area contributed by atoms with E-state index in [1.54, 1.807) is 5.51 Å². The molecule has 0 aliphatic carbocycles. The molecule has 0 fully saturated rings. The molecule has 3 aromatic rings. The summed E-state index contributed by atoms with van der Waals surface area (Å²) in [6, 6.07) is 8.33. The number of amides is 1. The van der Waals surface area contributed by atoms with E-state index in [0.29, 0.717) is 10.9 Å². The summed E-state index contributed by atoms with van der Waals surface area (Å²) in [6.07, 6.45) is 1.02. The molecule has 0 atom stereocenters. The number of carbonyl (C=O) groups is 1. The molecule has 0 radical (unpaired) electrons. The average molecular weight is 363 g/mol. The monoisotopic (exact) mass is 362 g/mol. The molecule has 0 spiro atoms. The Hall–Kier alpha value is -1.77. The fourth-order valence-electron chi connectivity index (χ4n) is 1.88. The van der Waals surface area contributed by atoms with Crippen molar-refractivity contribution in [2.24, 2.45) is 0 Å². The van der Waals surface area contributed by atoms with Gasteiger partial charge < -0.3 is 5.32 Å². The van der Waals surface area contributed by atoms with Gasteiger partial charge in [-0.15, -0.1) is 21.5 Å². The number of aromatic nitrogens is 3. The maximum absolute atomic E-state index is 11.9. The Bertz CT molecular complexity index is 768. The summed E-state index contributed by atoms with van der Waals surface area (Å²) in [5, 5.41) is 13.0. The predicted octanol–water partition coefficient (Wildman–Crippen LogP) is 3.95. The minimum absolute atomic E-state index is 0.0903. The number of carbonyl (C=O) groups excluding carboxylic acids is 1. The van der Waals surface area contributed by atoms with Crippen LogP contribution in [0, 0.1) is 0 Å². The van der Waals surface area contributed by atoms with Crippen LogP contribution in [0.4, 0.5) is 5.13 Å². The number of hydrogen-bond acceptors (Lipinski definition) is 7. The zero-order chi connectivity index (χ0) is 16.1. The zero-order valence-corrected chi connectivity index (χ0v) is 14.8. The van der Waals surface area contributed by atoms with E-state index >= 15 is 0 Å². The second-order valence-electron chi connectivity index (χ2n) is 4.63. The Morgan fingerprint density at radius 3 is 2.78 bits per heavy atom. The molecule has 118 valence electrons. The molecule has 8 heteroatoms. The van der Waals surface area contributed by atoms with Crippen molar-refractivity contribution in [2.45, 2.75) is 17.7 Å². The van der Waals surface area contributed by atoms with Crippen LogP contribution in [0.1, 0.15) is 12.5 Å². The van der Waals surface area contributed by atoms with E-state index in [2.05, 4.69) is 51.7 Å². The summed E-state index contributed by atoms with van der Waals surface area (Å²) in [5.41, 5.74) is 4.88. The molecule has 2 heterocycles. The highest BCUT2D eigenvalue weighted by Gasteiger charge is 2.09. The van der Waals surface area contributed by atoms with Gasteiger partial charge in [-0.1, -0.05) is 54.3 Å². The molecule has 0 saturated heterocycles. The molecule has 0 aliphatic heterocycles. The van der Waals surface area contributed by atoms with E-state index in [-0.39, 0.29) is 5.91 Å². The number of rotatable bonds is 6. The van der Waals surface area contributed by atoms with Crippen molar-refractivity contribution < 1.29 is 4.79 Å². The number of thioether (sulfide) groups is 1. The van der Waals surface area contributed by atoms with Gasteiger partial charge in [0.25, 0.3) is 0 Å². The van der Waals surface area contributed by atoms with Crippen LogP contribution in [0.3, 0.4) is 0 Å². The van der Waals surface area contributed by atoms with Crippen molar-refractivity contribution in [2.75, 3.05) is 11.1 Å². The number of thiazole rings is 1. The lowest BCUT2D eigenvalue weighted by atomic mass is 10.1. The summed E-state index contributed by atoms with van der Waals surface area (Å²) in [6.45, 7) is 2.13. The molecule has 0 bridgehead atoms. The summed E-state index contributed by atoms with van der Waals surface area (Å²) < 4.78 is 0.788. The second-order valence-corrected chi connectivity index (χ2v) is 7.54. The molecule has 2 aromatic heterocycles. The number of hydrogen-bond donors (Lipinski definition) is 1. The number of benzene rings is 1. The number of aryl methyl sites for hydroxylation is 1. The third-order valence-corrected chi connectivity index (χ3v) is 5.69. The largest absolute Gasteiger partial charge is 0.301 e. The van der Waals surface area contributed by atoms with Gasteiger partial charge in [-0.3, -0.25) is 4.79 Å². The van der Waals surface area contributed by atoms with Gasteiger partial charge in [0, 0.05) is 10.9 Å². The van der Waals surface area contributed by atoms with Crippen LogP contribution in [0.2, 0.25) is 0 Å². The minimum Gasteiger partial charge on any atom is -0.301 e. The van der Waals surface area contributed by atoms with Gasteiger partial charge in [0.05, 0.1) is 11.4 Å². The van der Waals surface area contributed by atoms with Crippen LogP contribution >= 0.6 is 34.4 Å². The quantitative estimate of drug-likeness (QED) is 0.672. The fourth-order valence-corrected chi connectivity index (χ4v) is 3.91. The Kier molecular flexibility index (Phi) is 5.37. The maximum Gasteiger partial charge on any atom is 0.236 e. The number of nitrogens with one attached hydrogen (secondary N) is 1. The van der Waals surface area contributed by atoms with E-state index in [4.69, 9.17) is 0 Å². The highest BCUT2D eigenvalue weighted by atomic mass is 32.2. The maximum atomic E-state index is 11.9. The lowest BCUT2D eigenvalue weighted by molar-refractivity contribution is -0.113. The summed E-state index contributed by atoms with van der Waals surface area (Å²) in [5.74, 6) is 0.211. The van der Waals surface area contributed by atoms with Crippen LogP contribution in [0.25, 0.3) is 11.3 Å². The molecular weight excluding hydrogens is 348 g/mol. The SMILES string of the molecule is CCc1ccc(-c2csc(NC(=O)CSc3nncs3)n2)cc1. The lowest BCUT2D eigenvalue weighted by Gasteiger charge is -2.00. The summed E-state index contributed by atoms with van der Waals surface area (Å²) in [4.78, 5) is 16.4. The highest BCUT2D eigenvalue weighted by Crippen LogP contribution is 2.26. The first-order valence-electron chi connectivity index (χ1n) is 6.98. The van der Waals surface area contributed by atoms with Gasteiger partial charge in [-0.25, -0.2) is 4.98 Å². The molecule has 1 amide bonds. The first kappa shape index (κ1) is 16.1. The first-order chi connectivity index (χ1) is 11.2. The first-order valence-corrected chi connectivity index (χ1v) is 9.72. The van der Waals surface area contributed by atoms with E-state index in [1.165, 1.54) is 40.0 Å². The third kappa shape index (κ3) is 4.37. The van der Waals surface area contributed by atoms with Crippen LogP contribution < -0.4 is 5.32 Å². The molecule has 0 aliphatic rings. The average Bonchev–Trinajstić information content (AvgIpc) is 3.25. The van der Waals surface area contributed by atoms with Crippen molar-refractivity contribution in [1.82, 2.24) is 15.2 Å². The topological polar surface area (TPSA) is 67.8 Å². The van der Waals surface area contributed by atoms with Crippen LogP contribution in [0.5, 0.6) is 0 Å². The number of anilines is 1. The zero-order valence-electron chi connectivity index (χ0n) is 12.4. The van der Waals surface area contributed by atoms with Gasteiger partial charge in [0.15, 0.2) is 9.47 Å². The van der Waals surface area contributed by atoms with Crippen LogP contribution in [0.15, 0.2) is 39.5 Å². The molecule has 0 unspecified atom stereocenters. The van der Waals surface area contributed by atoms with E-state index < -0.39 is 0 Å². The van der Waals surface area contributed by atoms with Crippen molar-refractivity contribution in [3.63, 3.8) is 0 Å². The molecule has 1 N–H and O–H groups in total. The van der Waals surface area contributed by atoms with Crippen molar-refractivity contribution >= 4 is 45.5 Å². The van der Waals surface area contributed by atoms with Crippen molar-refractivity contribution in [3.05, 3.63) is 40.7 Å². The Labute approximate surface area is 146 Å².